The van der Waals surface area contributed by atoms with Crippen LogP contribution >= 0.6 is 0 Å². The molecule has 16 heavy (non-hydrogen) atoms. The third-order valence-corrected chi connectivity index (χ3v) is 2.96. The average molecular weight is 225 g/mol. The van der Waals surface area contributed by atoms with E-state index >= 15 is 0 Å². The molecule has 1 aromatic rings. The molecule has 3 unspecified atom stereocenters. The van der Waals surface area contributed by atoms with Crippen molar-refractivity contribution >= 4 is 0 Å². The van der Waals surface area contributed by atoms with Crippen molar-refractivity contribution in [3.8, 4) is 0 Å². The van der Waals surface area contributed by atoms with Crippen LogP contribution in [0.15, 0.2) is 24.3 Å². The molecule has 0 aromatic heterocycles. The molecule has 0 heterocycles. The van der Waals surface area contributed by atoms with Gasteiger partial charge in [0.1, 0.15) is 5.82 Å². The highest BCUT2D eigenvalue weighted by Gasteiger charge is 2.14. The van der Waals surface area contributed by atoms with E-state index in [1.807, 2.05) is 6.92 Å². The summed E-state index contributed by atoms with van der Waals surface area (Å²) in [5.74, 6) is -0.200. The maximum Gasteiger partial charge on any atom is 0.123 e. The van der Waals surface area contributed by atoms with Gasteiger partial charge in [0.2, 0.25) is 0 Å². The lowest BCUT2D eigenvalue weighted by Gasteiger charge is -2.24. The van der Waals surface area contributed by atoms with Crippen LogP contribution in [0.2, 0.25) is 0 Å². The molecule has 1 rings (SSSR count). The molecule has 90 valence electrons. The molecule has 0 aliphatic rings. The average Bonchev–Trinajstić information content (AvgIpc) is 2.28. The topological polar surface area (TPSA) is 21.3 Å². The van der Waals surface area contributed by atoms with Gasteiger partial charge in [-0.1, -0.05) is 12.1 Å². The molecule has 3 atom stereocenters. The van der Waals surface area contributed by atoms with E-state index in [0.717, 1.165) is 5.56 Å². The lowest BCUT2D eigenvalue weighted by Crippen LogP contribution is -2.38. The first-order valence-electron chi connectivity index (χ1n) is 5.59. The van der Waals surface area contributed by atoms with Crippen LogP contribution in [0.1, 0.15) is 32.4 Å². The van der Waals surface area contributed by atoms with Gasteiger partial charge in [-0.2, -0.15) is 0 Å². The predicted octanol–water partition coefficient (Wildman–Crippen LogP) is 2.90. The fraction of sp³-hybridized carbons (Fsp3) is 0.538. The van der Waals surface area contributed by atoms with Crippen molar-refractivity contribution in [3.63, 3.8) is 0 Å². The van der Waals surface area contributed by atoms with E-state index in [-0.39, 0.29) is 24.0 Å². The standard InChI is InChI=1S/C13H20FNO/c1-9(11(3)16-4)15-10(2)12-5-7-13(14)8-6-12/h5-11,15H,1-4H3. The van der Waals surface area contributed by atoms with Gasteiger partial charge in [0.15, 0.2) is 0 Å². The van der Waals surface area contributed by atoms with Gasteiger partial charge in [0.05, 0.1) is 6.10 Å². The first-order valence-corrected chi connectivity index (χ1v) is 5.59. The maximum atomic E-state index is 12.8. The van der Waals surface area contributed by atoms with Crippen LogP contribution in [0.3, 0.4) is 0 Å². The predicted molar refractivity (Wildman–Crippen MR) is 63.9 cm³/mol. The Bertz CT molecular complexity index is 312. The Morgan fingerprint density at radius 2 is 1.69 bits per heavy atom. The van der Waals surface area contributed by atoms with Crippen LogP contribution in [-0.4, -0.2) is 19.3 Å². The second-order valence-electron chi connectivity index (χ2n) is 4.17. The number of hydrogen-bond donors (Lipinski definition) is 1. The largest absolute Gasteiger partial charge is 0.380 e. The van der Waals surface area contributed by atoms with E-state index < -0.39 is 0 Å². The fourth-order valence-corrected chi connectivity index (χ4v) is 1.58. The molecule has 0 spiro atoms. The Morgan fingerprint density at radius 3 is 2.19 bits per heavy atom. The van der Waals surface area contributed by atoms with Gasteiger partial charge < -0.3 is 10.1 Å². The lowest BCUT2D eigenvalue weighted by molar-refractivity contribution is 0.0852. The summed E-state index contributed by atoms with van der Waals surface area (Å²) in [6.07, 6.45) is 0.155. The second-order valence-corrected chi connectivity index (χ2v) is 4.17. The highest BCUT2D eigenvalue weighted by atomic mass is 19.1. The lowest BCUT2D eigenvalue weighted by atomic mass is 10.1. The monoisotopic (exact) mass is 225 g/mol. The second kappa shape index (κ2) is 5.97. The van der Waals surface area contributed by atoms with Crippen LogP contribution in [-0.2, 0) is 4.74 Å². The Morgan fingerprint density at radius 1 is 1.12 bits per heavy atom. The summed E-state index contributed by atoms with van der Waals surface area (Å²) in [7, 11) is 1.70. The van der Waals surface area contributed by atoms with Crippen molar-refractivity contribution in [1.82, 2.24) is 5.32 Å². The number of hydrogen-bond acceptors (Lipinski definition) is 2. The quantitative estimate of drug-likeness (QED) is 0.832. The number of nitrogens with one attached hydrogen (secondary N) is 1. The van der Waals surface area contributed by atoms with E-state index in [1.54, 1.807) is 19.2 Å². The van der Waals surface area contributed by atoms with E-state index in [4.69, 9.17) is 4.74 Å². The zero-order valence-electron chi connectivity index (χ0n) is 10.3. The summed E-state index contributed by atoms with van der Waals surface area (Å²) in [4.78, 5) is 0. The Hall–Kier alpha value is -0.930. The summed E-state index contributed by atoms with van der Waals surface area (Å²) < 4.78 is 18.0. The normalized spacial score (nSPS) is 16.8. The molecule has 0 aliphatic heterocycles. The van der Waals surface area contributed by atoms with Gasteiger partial charge in [-0.15, -0.1) is 0 Å². The zero-order valence-corrected chi connectivity index (χ0v) is 10.3. The minimum atomic E-state index is -0.200. The van der Waals surface area contributed by atoms with Gasteiger partial charge in [0.25, 0.3) is 0 Å². The Labute approximate surface area is 96.8 Å². The van der Waals surface area contributed by atoms with E-state index in [0.29, 0.717) is 0 Å². The Balaban J connectivity index is 2.58. The van der Waals surface area contributed by atoms with Crippen molar-refractivity contribution in [2.24, 2.45) is 0 Å². The summed E-state index contributed by atoms with van der Waals surface area (Å²) >= 11 is 0. The zero-order chi connectivity index (χ0) is 12.1. The molecule has 1 aromatic carbocycles. The first kappa shape index (κ1) is 13.1. The fourth-order valence-electron chi connectivity index (χ4n) is 1.58. The molecule has 0 radical (unpaired) electrons. The minimum absolute atomic E-state index is 0.155. The molecule has 0 bridgehead atoms. The van der Waals surface area contributed by atoms with Gasteiger partial charge in [-0.05, 0) is 38.5 Å². The first-order chi connectivity index (χ1) is 7.54. The molecule has 0 amide bonds. The van der Waals surface area contributed by atoms with Crippen molar-refractivity contribution in [1.29, 1.82) is 0 Å². The summed E-state index contributed by atoms with van der Waals surface area (Å²) in [6, 6.07) is 7.02. The van der Waals surface area contributed by atoms with E-state index in [1.165, 1.54) is 12.1 Å². The van der Waals surface area contributed by atoms with Crippen LogP contribution < -0.4 is 5.32 Å². The molecule has 0 saturated carbocycles. The SMILES string of the molecule is COC(C)C(C)NC(C)c1ccc(F)cc1. The number of rotatable bonds is 5. The molecule has 1 N–H and O–H groups in total. The van der Waals surface area contributed by atoms with Crippen LogP contribution in [0.25, 0.3) is 0 Å². The highest BCUT2D eigenvalue weighted by Crippen LogP contribution is 2.14. The molecule has 2 nitrogen and oxygen atoms in total. The van der Waals surface area contributed by atoms with Crippen molar-refractivity contribution in [2.45, 2.75) is 39.0 Å². The molecule has 0 aliphatic carbocycles. The molecule has 0 saturated heterocycles. The highest BCUT2D eigenvalue weighted by molar-refractivity contribution is 5.19. The smallest absolute Gasteiger partial charge is 0.123 e. The van der Waals surface area contributed by atoms with E-state index in [9.17, 15) is 4.39 Å². The number of halogens is 1. The molecular weight excluding hydrogens is 205 g/mol. The van der Waals surface area contributed by atoms with Gasteiger partial charge >= 0.3 is 0 Å². The third kappa shape index (κ3) is 3.58. The number of ether oxygens (including phenoxy) is 1. The number of benzene rings is 1. The van der Waals surface area contributed by atoms with Gasteiger partial charge in [-0.25, -0.2) is 4.39 Å². The van der Waals surface area contributed by atoms with Crippen molar-refractivity contribution in [2.75, 3.05) is 7.11 Å². The van der Waals surface area contributed by atoms with Crippen LogP contribution in [0.5, 0.6) is 0 Å². The van der Waals surface area contributed by atoms with Gasteiger partial charge in [0, 0.05) is 19.2 Å². The summed E-state index contributed by atoms with van der Waals surface area (Å²) in [6.45, 7) is 6.16. The van der Waals surface area contributed by atoms with Crippen LogP contribution in [0, 0.1) is 5.82 Å². The summed E-state index contributed by atoms with van der Waals surface area (Å²) in [5.41, 5.74) is 1.08. The van der Waals surface area contributed by atoms with Crippen LogP contribution in [0.4, 0.5) is 4.39 Å². The maximum absolute atomic E-state index is 12.8. The molecule has 0 fully saturated rings. The third-order valence-electron chi connectivity index (χ3n) is 2.96. The van der Waals surface area contributed by atoms with E-state index in [2.05, 4.69) is 19.2 Å². The summed E-state index contributed by atoms with van der Waals surface area (Å²) in [5, 5.41) is 3.42. The Kier molecular flexibility index (Phi) is 4.90. The van der Waals surface area contributed by atoms with Crippen molar-refractivity contribution < 1.29 is 9.13 Å². The number of methoxy groups -OCH3 is 1. The molecule has 3 heteroatoms. The minimum Gasteiger partial charge on any atom is -0.380 e. The van der Waals surface area contributed by atoms with Gasteiger partial charge in [-0.3, -0.25) is 0 Å². The van der Waals surface area contributed by atoms with Crippen molar-refractivity contribution in [3.05, 3.63) is 35.6 Å². The molecular formula is C13H20FNO.